The predicted octanol–water partition coefficient (Wildman–Crippen LogP) is 4.30. The Bertz CT molecular complexity index is 1220. The summed E-state index contributed by atoms with van der Waals surface area (Å²) in [5.41, 5.74) is 2.54. The van der Waals surface area contributed by atoms with E-state index in [0.717, 1.165) is 11.3 Å². The Morgan fingerprint density at radius 2 is 1.79 bits per heavy atom. The van der Waals surface area contributed by atoms with Crippen molar-refractivity contribution in [2.75, 3.05) is 25.1 Å². The molecule has 0 amide bonds. The van der Waals surface area contributed by atoms with Crippen LogP contribution in [-0.2, 0) is 9.53 Å². The highest BCUT2D eigenvalue weighted by Gasteiger charge is 2.35. The van der Waals surface area contributed by atoms with Crippen LogP contribution in [0.4, 0.5) is 5.95 Å². The number of allylic oxidation sites excluding steroid dienone is 1. The number of hydrogen-bond acceptors (Lipinski definition) is 8. The molecule has 178 valence electrons. The van der Waals surface area contributed by atoms with E-state index in [4.69, 9.17) is 19.3 Å². The molecule has 1 atom stereocenters. The quantitative estimate of drug-likeness (QED) is 0.475. The van der Waals surface area contributed by atoms with Crippen molar-refractivity contribution in [3.63, 3.8) is 0 Å². The van der Waals surface area contributed by atoms with Gasteiger partial charge in [0.05, 0.1) is 25.4 Å². The normalized spacial score (nSPS) is 14.9. The number of rotatable bonds is 8. The largest absolute Gasteiger partial charge is 0.504 e. The first-order valence-corrected chi connectivity index (χ1v) is 11.3. The molecule has 2 heterocycles. The molecule has 4 rings (SSSR count). The molecule has 3 aromatic rings. The van der Waals surface area contributed by atoms with E-state index in [2.05, 4.69) is 10.3 Å². The second-order valence-corrected chi connectivity index (χ2v) is 7.61. The van der Waals surface area contributed by atoms with Crippen molar-refractivity contribution in [3.05, 3.63) is 59.3 Å². The van der Waals surface area contributed by atoms with Gasteiger partial charge in [0.1, 0.15) is 11.8 Å². The molecular weight excluding hydrogens is 436 g/mol. The maximum absolute atomic E-state index is 13.0. The van der Waals surface area contributed by atoms with Crippen LogP contribution in [0.5, 0.6) is 17.2 Å². The van der Waals surface area contributed by atoms with Gasteiger partial charge < -0.3 is 24.6 Å². The lowest BCUT2D eigenvalue weighted by Gasteiger charge is -2.28. The van der Waals surface area contributed by atoms with Crippen LogP contribution in [0.2, 0.25) is 0 Å². The zero-order valence-electron chi connectivity index (χ0n) is 19.7. The van der Waals surface area contributed by atoms with Crippen LogP contribution in [0, 0.1) is 0 Å². The number of fused-ring (bicyclic) bond motifs is 1. The van der Waals surface area contributed by atoms with Gasteiger partial charge in [-0.25, -0.2) is 9.48 Å². The SMILES string of the molecule is CCOC(=O)C1=C(C)Nc2nc(-c3ccc(OCC)cc3)nn2C1c1ccc(O)c(OCC)c1. The minimum absolute atomic E-state index is 0.0202. The molecule has 0 fully saturated rings. The van der Waals surface area contributed by atoms with Gasteiger partial charge in [-0.1, -0.05) is 6.07 Å². The summed E-state index contributed by atoms with van der Waals surface area (Å²) in [5.74, 6) is 1.65. The van der Waals surface area contributed by atoms with Gasteiger partial charge >= 0.3 is 5.97 Å². The fraction of sp³-hybridized carbons (Fsp3) is 0.320. The molecule has 1 aliphatic heterocycles. The number of aromatic nitrogens is 3. The number of nitrogens with zero attached hydrogens (tertiary/aromatic N) is 3. The van der Waals surface area contributed by atoms with Crippen molar-refractivity contribution in [2.24, 2.45) is 0 Å². The minimum Gasteiger partial charge on any atom is -0.504 e. The Morgan fingerprint density at radius 3 is 2.47 bits per heavy atom. The molecule has 0 spiro atoms. The molecule has 1 aromatic heterocycles. The lowest BCUT2D eigenvalue weighted by Crippen LogP contribution is -2.29. The van der Waals surface area contributed by atoms with Crippen molar-refractivity contribution in [1.82, 2.24) is 14.8 Å². The molecule has 9 nitrogen and oxygen atoms in total. The number of carbonyl (C=O) groups is 1. The van der Waals surface area contributed by atoms with Crippen molar-refractivity contribution in [3.8, 4) is 28.6 Å². The van der Waals surface area contributed by atoms with Crippen LogP contribution >= 0.6 is 0 Å². The van der Waals surface area contributed by atoms with Crippen LogP contribution in [0.1, 0.15) is 39.3 Å². The number of hydrogen-bond donors (Lipinski definition) is 2. The summed E-state index contributed by atoms with van der Waals surface area (Å²) in [6, 6.07) is 11.9. The molecule has 0 bridgehead atoms. The Kier molecular flexibility index (Phi) is 6.72. The first-order valence-electron chi connectivity index (χ1n) is 11.3. The van der Waals surface area contributed by atoms with Crippen molar-refractivity contribution >= 4 is 11.9 Å². The van der Waals surface area contributed by atoms with E-state index in [1.165, 1.54) is 0 Å². The summed E-state index contributed by atoms with van der Waals surface area (Å²) >= 11 is 0. The summed E-state index contributed by atoms with van der Waals surface area (Å²) in [6.07, 6.45) is 0. The molecule has 1 aliphatic rings. The average molecular weight is 465 g/mol. The number of esters is 1. The summed E-state index contributed by atoms with van der Waals surface area (Å²) in [6.45, 7) is 8.55. The fourth-order valence-electron chi connectivity index (χ4n) is 3.89. The lowest BCUT2D eigenvalue weighted by molar-refractivity contribution is -0.139. The number of anilines is 1. The Morgan fingerprint density at radius 1 is 1.06 bits per heavy atom. The van der Waals surface area contributed by atoms with Gasteiger partial charge in [0.15, 0.2) is 17.3 Å². The number of ether oxygens (including phenoxy) is 3. The van der Waals surface area contributed by atoms with E-state index < -0.39 is 12.0 Å². The number of phenolic OH excluding ortho intramolecular Hbond substituents is 1. The molecule has 34 heavy (non-hydrogen) atoms. The summed E-state index contributed by atoms with van der Waals surface area (Å²) in [5, 5.41) is 18.1. The van der Waals surface area contributed by atoms with Gasteiger partial charge in [0.2, 0.25) is 5.95 Å². The van der Waals surface area contributed by atoms with Gasteiger partial charge in [-0.05, 0) is 69.7 Å². The molecule has 0 radical (unpaired) electrons. The standard InChI is InChI=1S/C25H28N4O5/c1-5-32-18-11-8-16(9-12-18)23-27-25-26-15(4)21(24(31)34-7-3)22(29(25)28-23)17-10-13-19(30)20(14-17)33-6-2/h8-14,22,30H,5-7H2,1-4H3,(H,26,27,28). The van der Waals surface area contributed by atoms with E-state index >= 15 is 0 Å². The monoisotopic (exact) mass is 464 g/mol. The number of aromatic hydroxyl groups is 1. The third-order valence-electron chi connectivity index (χ3n) is 5.37. The maximum Gasteiger partial charge on any atom is 0.338 e. The Labute approximate surface area is 198 Å². The predicted molar refractivity (Wildman–Crippen MR) is 127 cm³/mol. The first kappa shape index (κ1) is 23.2. The van der Waals surface area contributed by atoms with E-state index in [1.54, 1.807) is 36.7 Å². The van der Waals surface area contributed by atoms with E-state index in [-0.39, 0.29) is 12.4 Å². The zero-order chi connectivity index (χ0) is 24.2. The van der Waals surface area contributed by atoms with Crippen molar-refractivity contribution in [1.29, 1.82) is 0 Å². The molecule has 0 saturated carbocycles. The molecule has 2 N–H and O–H groups in total. The summed E-state index contributed by atoms with van der Waals surface area (Å²) in [7, 11) is 0. The Hall–Kier alpha value is -4.01. The molecule has 0 saturated heterocycles. The fourth-order valence-corrected chi connectivity index (χ4v) is 3.89. The molecular formula is C25H28N4O5. The van der Waals surface area contributed by atoms with Gasteiger partial charge in [-0.15, -0.1) is 5.10 Å². The topological polar surface area (TPSA) is 108 Å². The molecule has 0 aliphatic carbocycles. The average Bonchev–Trinajstić information content (AvgIpc) is 3.24. The lowest BCUT2D eigenvalue weighted by atomic mass is 9.95. The van der Waals surface area contributed by atoms with Gasteiger partial charge in [0, 0.05) is 11.3 Å². The number of phenols is 1. The molecule has 9 heteroatoms. The number of nitrogens with one attached hydrogen (secondary N) is 1. The van der Waals surface area contributed by atoms with Crippen LogP contribution in [0.25, 0.3) is 11.4 Å². The second-order valence-electron chi connectivity index (χ2n) is 7.61. The summed E-state index contributed by atoms with van der Waals surface area (Å²) < 4.78 is 18.1. The number of carbonyl (C=O) groups excluding carboxylic acids is 1. The number of benzene rings is 2. The van der Waals surface area contributed by atoms with Crippen LogP contribution in [0.15, 0.2) is 53.7 Å². The Balaban J connectivity index is 1.82. The highest BCUT2D eigenvalue weighted by Crippen LogP contribution is 2.39. The van der Waals surface area contributed by atoms with Crippen LogP contribution in [-0.4, -0.2) is 45.7 Å². The highest BCUT2D eigenvalue weighted by atomic mass is 16.5. The zero-order valence-corrected chi connectivity index (χ0v) is 19.7. The minimum atomic E-state index is -0.626. The maximum atomic E-state index is 13.0. The third kappa shape index (κ3) is 4.41. The smallest absolute Gasteiger partial charge is 0.338 e. The van der Waals surface area contributed by atoms with Gasteiger partial charge in [0.25, 0.3) is 0 Å². The van der Waals surface area contributed by atoms with Crippen LogP contribution < -0.4 is 14.8 Å². The van der Waals surface area contributed by atoms with E-state index in [9.17, 15) is 9.90 Å². The third-order valence-corrected chi connectivity index (χ3v) is 5.37. The first-order chi connectivity index (χ1) is 16.5. The van der Waals surface area contributed by atoms with Crippen LogP contribution in [0.3, 0.4) is 0 Å². The summed E-state index contributed by atoms with van der Waals surface area (Å²) in [4.78, 5) is 17.7. The molecule has 2 aromatic carbocycles. The second kappa shape index (κ2) is 9.86. The molecule has 1 unspecified atom stereocenters. The van der Waals surface area contributed by atoms with Crippen molar-refractivity contribution < 1.29 is 24.1 Å². The van der Waals surface area contributed by atoms with Gasteiger partial charge in [-0.2, -0.15) is 4.98 Å². The highest BCUT2D eigenvalue weighted by molar-refractivity contribution is 5.92. The van der Waals surface area contributed by atoms with Crippen molar-refractivity contribution in [2.45, 2.75) is 33.7 Å². The van der Waals surface area contributed by atoms with Gasteiger partial charge in [-0.3, -0.25) is 0 Å². The van der Waals surface area contributed by atoms with E-state index in [0.29, 0.717) is 47.6 Å². The van der Waals surface area contributed by atoms with E-state index in [1.807, 2.05) is 38.1 Å².